The van der Waals surface area contributed by atoms with E-state index in [4.69, 9.17) is 4.74 Å². The summed E-state index contributed by atoms with van der Waals surface area (Å²) in [7, 11) is 0. The number of non-ortho nitro benzene ring substituents is 1. The standard InChI is InChI=1S/C19H22N4O4/c1-2-27-18-9-3-15(4-10-18)20-19(24)22-13-11-21(12-14-22)16-5-7-17(8-6-16)23(25)26/h3-10H,2,11-14H2,1H3,(H,20,24). The van der Waals surface area contributed by atoms with Crippen LogP contribution >= 0.6 is 0 Å². The average Bonchev–Trinajstić information content (AvgIpc) is 2.70. The molecule has 3 rings (SSSR count). The second-order valence-corrected chi connectivity index (χ2v) is 6.14. The minimum Gasteiger partial charge on any atom is -0.494 e. The topological polar surface area (TPSA) is 88.0 Å². The first-order chi connectivity index (χ1) is 13.1. The number of hydrogen-bond donors (Lipinski definition) is 1. The van der Waals surface area contributed by atoms with Crippen LogP contribution in [0.25, 0.3) is 0 Å². The van der Waals surface area contributed by atoms with Crippen molar-refractivity contribution in [3.8, 4) is 5.75 Å². The minimum absolute atomic E-state index is 0.0760. The summed E-state index contributed by atoms with van der Waals surface area (Å²) < 4.78 is 5.39. The number of benzene rings is 2. The fourth-order valence-corrected chi connectivity index (χ4v) is 2.96. The molecule has 27 heavy (non-hydrogen) atoms. The third-order valence-electron chi connectivity index (χ3n) is 4.41. The number of urea groups is 1. The van der Waals surface area contributed by atoms with E-state index in [-0.39, 0.29) is 11.7 Å². The normalized spacial score (nSPS) is 14.0. The molecule has 1 N–H and O–H groups in total. The van der Waals surface area contributed by atoms with Gasteiger partial charge in [0.05, 0.1) is 11.5 Å². The first-order valence-corrected chi connectivity index (χ1v) is 8.85. The van der Waals surface area contributed by atoms with Gasteiger partial charge in [0, 0.05) is 49.7 Å². The van der Waals surface area contributed by atoms with Gasteiger partial charge in [-0.2, -0.15) is 0 Å². The number of ether oxygens (including phenoxy) is 1. The van der Waals surface area contributed by atoms with E-state index >= 15 is 0 Å². The smallest absolute Gasteiger partial charge is 0.321 e. The van der Waals surface area contributed by atoms with Crippen LogP contribution in [0, 0.1) is 10.1 Å². The van der Waals surface area contributed by atoms with Gasteiger partial charge in [0.15, 0.2) is 0 Å². The van der Waals surface area contributed by atoms with Crippen molar-refractivity contribution in [1.82, 2.24) is 4.90 Å². The third-order valence-corrected chi connectivity index (χ3v) is 4.41. The number of piperazine rings is 1. The molecular weight excluding hydrogens is 348 g/mol. The molecule has 1 fully saturated rings. The molecule has 0 radical (unpaired) electrons. The summed E-state index contributed by atoms with van der Waals surface area (Å²) in [5, 5.41) is 13.6. The number of nitrogens with zero attached hydrogens (tertiary/aromatic N) is 3. The Morgan fingerprint density at radius 1 is 1.07 bits per heavy atom. The predicted molar refractivity (Wildman–Crippen MR) is 104 cm³/mol. The quantitative estimate of drug-likeness (QED) is 0.644. The number of carbonyl (C=O) groups is 1. The summed E-state index contributed by atoms with van der Waals surface area (Å²) in [6, 6.07) is 13.6. The van der Waals surface area contributed by atoms with Crippen molar-refractivity contribution in [3.63, 3.8) is 0 Å². The lowest BCUT2D eigenvalue weighted by Gasteiger charge is -2.36. The zero-order valence-electron chi connectivity index (χ0n) is 15.1. The van der Waals surface area contributed by atoms with Crippen molar-refractivity contribution >= 4 is 23.1 Å². The highest BCUT2D eigenvalue weighted by Gasteiger charge is 2.21. The van der Waals surface area contributed by atoms with Gasteiger partial charge in [-0.15, -0.1) is 0 Å². The molecule has 0 atom stereocenters. The van der Waals surface area contributed by atoms with Crippen LogP contribution in [0.1, 0.15) is 6.92 Å². The van der Waals surface area contributed by atoms with Crippen LogP contribution < -0.4 is 15.0 Å². The van der Waals surface area contributed by atoms with Gasteiger partial charge in [0.25, 0.3) is 5.69 Å². The van der Waals surface area contributed by atoms with E-state index in [2.05, 4.69) is 10.2 Å². The molecule has 8 heteroatoms. The van der Waals surface area contributed by atoms with E-state index < -0.39 is 4.92 Å². The highest BCUT2D eigenvalue weighted by Crippen LogP contribution is 2.21. The SMILES string of the molecule is CCOc1ccc(NC(=O)N2CCN(c3ccc([N+](=O)[O-])cc3)CC2)cc1. The highest BCUT2D eigenvalue weighted by molar-refractivity contribution is 5.89. The number of carbonyl (C=O) groups excluding carboxylic acids is 1. The van der Waals surface area contributed by atoms with E-state index in [0.29, 0.717) is 32.8 Å². The molecule has 0 saturated carbocycles. The number of rotatable bonds is 5. The van der Waals surface area contributed by atoms with E-state index in [1.807, 2.05) is 31.2 Å². The molecule has 1 aliphatic heterocycles. The molecule has 0 unspecified atom stereocenters. The predicted octanol–water partition coefficient (Wildman–Crippen LogP) is 3.35. The van der Waals surface area contributed by atoms with Gasteiger partial charge in [0.1, 0.15) is 5.75 Å². The maximum atomic E-state index is 12.4. The van der Waals surface area contributed by atoms with Crippen LogP contribution in [0.5, 0.6) is 5.75 Å². The van der Waals surface area contributed by atoms with Gasteiger partial charge in [-0.25, -0.2) is 4.79 Å². The number of anilines is 2. The molecule has 1 saturated heterocycles. The maximum absolute atomic E-state index is 12.4. The van der Waals surface area contributed by atoms with Crippen molar-refractivity contribution in [2.45, 2.75) is 6.92 Å². The fraction of sp³-hybridized carbons (Fsp3) is 0.316. The van der Waals surface area contributed by atoms with E-state index in [1.54, 1.807) is 17.0 Å². The number of amides is 2. The van der Waals surface area contributed by atoms with Crippen LogP contribution in [0.3, 0.4) is 0 Å². The van der Waals surface area contributed by atoms with Crippen LogP contribution in [0.4, 0.5) is 21.9 Å². The summed E-state index contributed by atoms with van der Waals surface area (Å²) in [4.78, 5) is 26.6. The lowest BCUT2D eigenvalue weighted by Crippen LogP contribution is -2.50. The second-order valence-electron chi connectivity index (χ2n) is 6.14. The van der Waals surface area contributed by atoms with Gasteiger partial charge in [-0.1, -0.05) is 0 Å². The maximum Gasteiger partial charge on any atom is 0.321 e. The van der Waals surface area contributed by atoms with Crippen LogP contribution in [0.2, 0.25) is 0 Å². The van der Waals surface area contributed by atoms with Crippen molar-refractivity contribution < 1.29 is 14.5 Å². The highest BCUT2D eigenvalue weighted by atomic mass is 16.6. The Labute approximate surface area is 157 Å². The van der Waals surface area contributed by atoms with Crippen LogP contribution in [0.15, 0.2) is 48.5 Å². The molecule has 0 aromatic heterocycles. The Balaban J connectivity index is 1.52. The summed E-state index contributed by atoms with van der Waals surface area (Å²) in [5.74, 6) is 0.771. The van der Waals surface area contributed by atoms with Gasteiger partial charge >= 0.3 is 6.03 Å². The lowest BCUT2D eigenvalue weighted by atomic mass is 10.2. The number of nitro groups is 1. The van der Waals surface area contributed by atoms with Crippen molar-refractivity contribution in [2.75, 3.05) is 43.0 Å². The molecule has 0 spiro atoms. The number of nitrogens with one attached hydrogen (secondary N) is 1. The molecule has 142 valence electrons. The largest absolute Gasteiger partial charge is 0.494 e. The third kappa shape index (κ3) is 4.66. The molecule has 2 amide bonds. The molecule has 2 aromatic carbocycles. The summed E-state index contributed by atoms with van der Waals surface area (Å²) >= 11 is 0. The van der Waals surface area contributed by atoms with Gasteiger partial charge < -0.3 is 19.9 Å². The Hall–Kier alpha value is -3.29. The molecule has 1 aliphatic rings. The molecule has 0 aliphatic carbocycles. The van der Waals surface area contributed by atoms with Crippen LogP contribution in [-0.4, -0.2) is 48.6 Å². The molecule has 8 nitrogen and oxygen atoms in total. The van der Waals surface area contributed by atoms with E-state index in [1.165, 1.54) is 12.1 Å². The first kappa shape index (κ1) is 18.5. The monoisotopic (exact) mass is 370 g/mol. The van der Waals surface area contributed by atoms with E-state index in [0.717, 1.165) is 17.1 Å². The van der Waals surface area contributed by atoms with Gasteiger partial charge in [0.2, 0.25) is 0 Å². The number of hydrogen-bond acceptors (Lipinski definition) is 5. The molecule has 2 aromatic rings. The number of nitro benzene ring substituents is 1. The average molecular weight is 370 g/mol. The van der Waals surface area contributed by atoms with Gasteiger partial charge in [-0.05, 0) is 43.3 Å². The van der Waals surface area contributed by atoms with Crippen molar-refractivity contribution in [1.29, 1.82) is 0 Å². The summed E-state index contributed by atoms with van der Waals surface area (Å²) in [5.41, 5.74) is 1.72. The Morgan fingerprint density at radius 3 is 2.26 bits per heavy atom. The lowest BCUT2D eigenvalue weighted by molar-refractivity contribution is -0.384. The van der Waals surface area contributed by atoms with Crippen molar-refractivity contribution in [3.05, 3.63) is 58.6 Å². The first-order valence-electron chi connectivity index (χ1n) is 8.85. The van der Waals surface area contributed by atoms with Crippen molar-refractivity contribution in [2.24, 2.45) is 0 Å². The minimum atomic E-state index is -0.410. The summed E-state index contributed by atoms with van der Waals surface area (Å²) in [6.45, 7) is 5.04. The van der Waals surface area contributed by atoms with Crippen LogP contribution in [-0.2, 0) is 0 Å². The zero-order chi connectivity index (χ0) is 19.2. The zero-order valence-corrected chi connectivity index (χ0v) is 15.1. The fourth-order valence-electron chi connectivity index (χ4n) is 2.96. The molecule has 0 bridgehead atoms. The van der Waals surface area contributed by atoms with E-state index in [9.17, 15) is 14.9 Å². The molecular formula is C19H22N4O4. The Bertz CT molecular complexity index is 784. The molecule has 1 heterocycles. The second kappa shape index (κ2) is 8.39. The van der Waals surface area contributed by atoms with Gasteiger partial charge in [-0.3, -0.25) is 10.1 Å². The summed E-state index contributed by atoms with van der Waals surface area (Å²) in [6.07, 6.45) is 0. The Morgan fingerprint density at radius 2 is 1.70 bits per heavy atom. The Kier molecular flexibility index (Phi) is 5.75.